The Hall–Kier alpha value is -3.11. The summed E-state index contributed by atoms with van der Waals surface area (Å²) in [6, 6.07) is 22.2. The molecule has 4 heteroatoms. The molecule has 3 aromatic rings. The first-order valence-electron chi connectivity index (χ1n) is 8.27. The number of rotatable bonds is 5. The second-order valence-electron chi connectivity index (χ2n) is 5.97. The molecule has 0 aromatic heterocycles. The summed E-state index contributed by atoms with van der Waals surface area (Å²) in [7, 11) is 1.36. The Balaban J connectivity index is 1.70. The van der Waals surface area contributed by atoms with Crippen molar-refractivity contribution in [1.82, 2.24) is 0 Å². The molecule has 0 bridgehead atoms. The monoisotopic (exact) mass is 348 g/mol. The number of benzene rings is 3. The summed E-state index contributed by atoms with van der Waals surface area (Å²) in [6.45, 7) is 1.99. The van der Waals surface area contributed by atoms with Crippen LogP contribution in [0.3, 0.4) is 0 Å². The van der Waals surface area contributed by atoms with Gasteiger partial charge in [-0.2, -0.15) is 0 Å². The minimum atomic E-state index is -1.01. The molecule has 1 atom stereocenters. The van der Waals surface area contributed by atoms with Crippen LogP contribution in [0, 0.1) is 6.92 Å². The highest BCUT2D eigenvalue weighted by Gasteiger charge is 2.09. The van der Waals surface area contributed by atoms with Crippen LogP contribution < -0.4 is 4.74 Å². The average molecular weight is 348 g/mol. The zero-order valence-corrected chi connectivity index (χ0v) is 14.7. The number of aliphatic hydroxyl groups is 1. The van der Waals surface area contributed by atoms with Crippen molar-refractivity contribution in [2.24, 2.45) is 0 Å². The molecule has 0 aliphatic carbocycles. The molecule has 0 heterocycles. The number of aliphatic hydroxyl groups excluding tert-OH is 1. The van der Waals surface area contributed by atoms with Crippen molar-refractivity contribution < 1.29 is 19.4 Å². The Morgan fingerprint density at radius 2 is 1.38 bits per heavy atom. The molecule has 4 nitrogen and oxygen atoms in total. The van der Waals surface area contributed by atoms with Gasteiger partial charge in [0.2, 0.25) is 6.29 Å². The standard InChI is InChI=1S/C22H20O4/c1-15-3-5-19(6-4-15)22(24)26-20-13-11-17(12-14-20)16-7-9-18(10-8-16)21(23)25-2/h3-14,22,24H,1-2H3. The van der Waals surface area contributed by atoms with Crippen LogP contribution in [0.2, 0.25) is 0 Å². The van der Waals surface area contributed by atoms with E-state index in [0.29, 0.717) is 16.9 Å². The summed E-state index contributed by atoms with van der Waals surface area (Å²) in [6.07, 6.45) is -1.01. The van der Waals surface area contributed by atoms with Crippen LogP contribution in [-0.4, -0.2) is 18.2 Å². The van der Waals surface area contributed by atoms with E-state index in [4.69, 9.17) is 9.47 Å². The molecule has 0 amide bonds. The molecule has 0 saturated carbocycles. The lowest BCUT2D eigenvalue weighted by Gasteiger charge is -2.14. The van der Waals surface area contributed by atoms with E-state index in [1.807, 2.05) is 55.5 Å². The summed E-state index contributed by atoms with van der Waals surface area (Å²) in [5.74, 6) is 0.221. The zero-order chi connectivity index (χ0) is 18.5. The summed E-state index contributed by atoms with van der Waals surface area (Å²) in [4.78, 5) is 11.5. The maximum absolute atomic E-state index is 11.5. The van der Waals surface area contributed by atoms with Crippen LogP contribution >= 0.6 is 0 Å². The first-order chi connectivity index (χ1) is 12.6. The summed E-state index contributed by atoms with van der Waals surface area (Å²) >= 11 is 0. The van der Waals surface area contributed by atoms with Gasteiger partial charge < -0.3 is 14.6 Å². The van der Waals surface area contributed by atoms with Gasteiger partial charge in [0.25, 0.3) is 0 Å². The lowest BCUT2D eigenvalue weighted by atomic mass is 10.0. The smallest absolute Gasteiger partial charge is 0.337 e. The van der Waals surface area contributed by atoms with Crippen LogP contribution in [0.15, 0.2) is 72.8 Å². The zero-order valence-electron chi connectivity index (χ0n) is 14.7. The third kappa shape index (κ3) is 4.10. The van der Waals surface area contributed by atoms with Gasteiger partial charge in [-0.3, -0.25) is 0 Å². The van der Waals surface area contributed by atoms with Crippen molar-refractivity contribution in [2.75, 3.05) is 7.11 Å². The second-order valence-corrected chi connectivity index (χ2v) is 5.97. The van der Waals surface area contributed by atoms with Gasteiger partial charge in [0.1, 0.15) is 5.75 Å². The van der Waals surface area contributed by atoms with Crippen molar-refractivity contribution in [2.45, 2.75) is 13.2 Å². The number of esters is 1. The van der Waals surface area contributed by atoms with Gasteiger partial charge in [-0.15, -0.1) is 0 Å². The van der Waals surface area contributed by atoms with Gasteiger partial charge in [0, 0.05) is 5.56 Å². The quantitative estimate of drug-likeness (QED) is 0.544. The lowest BCUT2D eigenvalue weighted by Crippen LogP contribution is -2.06. The minimum Gasteiger partial charge on any atom is -0.465 e. The Morgan fingerprint density at radius 3 is 1.92 bits per heavy atom. The van der Waals surface area contributed by atoms with Gasteiger partial charge in [0.15, 0.2) is 0 Å². The molecule has 26 heavy (non-hydrogen) atoms. The number of ether oxygens (including phenoxy) is 2. The molecule has 0 fully saturated rings. The third-order valence-electron chi connectivity index (χ3n) is 4.10. The highest BCUT2D eigenvalue weighted by atomic mass is 16.6. The number of hydrogen-bond donors (Lipinski definition) is 1. The van der Waals surface area contributed by atoms with Crippen LogP contribution in [0.5, 0.6) is 5.75 Å². The maximum Gasteiger partial charge on any atom is 0.337 e. The molecule has 3 aromatic carbocycles. The average Bonchev–Trinajstić information content (AvgIpc) is 2.68. The fraction of sp³-hybridized carbons (Fsp3) is 0.136. The number of carbonyl (C=O) groups is 1. The molecule has 132 valence electrons. The maximum atomic E-state index is 11.5. The van der Waals surface area contributed by atoms with E-state index in [1.165, 1.54) is 7.11 Å². The molecule has 3 rings (SSSR count). The highest BCUT2D eigenvalue weighted by Crippen LogP contribution is 2.25. The molecular weight excluding hydrogens is 328 g/mol. The van der Waals surface area contributed by atoms with Gasteiger partial charge in [-0.25, -0.2) is 4.79 Å². The molecule has 0 aliphatic heterocycles. The van der Waals surface area contributed by atoms with E-state index in [0.717, 1.165) is 16.7 Å². The van der Waals surface area contributed by atoms with Crippen molar-refractivity contribution in [3.05, 3.63) is 89.5 Å². The SMILES string of the molecule is COC(=O)c1ccc(-c2ccc(OC(O)c3ccc(C)cc3)cc2)cc1. The van der Waals surface area contributed by atoms with Gasteiger partial charge >= 0.3 is 5.97 Å². The predicted octanol–water partition coefficient (Wildman–Crippen LogP) is 4.52. The molecule has 0 spiro atoms. The Bertz CT molecular complexity index is 866. The fourth-order valence-electron chi connectivity index (χ4n) is 2.57. The topological polar surface area (TPSA) is 55.8 Å². The van der Waals surface area contributed by atoms with Gasteiger partial charge in [0.05, 0.1) is 12.7 Å². The lowest BCUT2D eigenvalue weighted by molar-refractivity contribution is -0.0194. The molecule has 1 unspecified atom stereocenters. The predicted molar refractivity (Wildman–Crippen MR) is 100.0 cm³/mol. The van der Waals surface area contributed by atoms with Crippen LogP contribution in [-0.2, 0) is 4.74 Å². The first kappa shape index (κ1) is 17.7. The van der Waals surface area contributed by atoms with E-state index in [1.54, 1.807) is 24.3 Å². The minimum absolute atomic E-state index is 0.356. The summed E-state index contributed by atoms with van der Waals surface area (Å²) in [5.41, 5.74) is 4.31. The largest absolute Gasteiger partial charge is 0.465 e. The summed E-state index contributed by atoms with van der Waals surface area (Å²) < 4.78 is 10.3. The molecular formula is C22H20O4. The molecule has 0 radical (unpaired) electrons. The first-order valence-corrected chi connectivity index (χ1v) is 8.27. The summed E-state index contributed by atoms with van der Waals surface area (Å²) in [5, 5.41) is 10.2. The highest BCUT2D eigenvalue weighted by molar-refractivity contribution is 5.89. The van der Waals surface area contributed by atoms with Crippen molar-refractivity contribution >= 4 is 5.97 Å². The van der Waals surface area contributed by atoms with Gasteiger partial charge in [-0.1, -0.05) is 54.1 Å². The Morgan fingerprint density at radius 1 is 0.846 bits per heavy atom. The molecule has 1 N–H and O–H groups in total. The van der Waals surface area contributed by atoms with E-state index >= 15 is 0 Å². The van der Waals surface area contributed by atoms with Gasteiger partial charge in [-0.05, 0) is 42.3 Å². The van der Waals surface area contributed by atoms with E-state index in [-0.39, 0.29) is 5.97 Å². The van der Waals surface area contributed by atoms with Crippen molar-refractivity contribution in [3.8, 4) is 16.9 Å². The second kappa shape index (κ2) is 7.85. The van der Waals surface area contributed by atoms with E-state index in [9.17, 15) is 9.90 Å². The number of hydrogen-bond acceptors (Lipinski definition) is 4. The van der Waals surface area contributed by atoms with Crippen molar-refractivity contribution in [1.29, 1.82) is 0 Å². The number of aryl methyl sites for hydroxylation is 1. The molecule has 0 saturated heterocycles. The molecule has 0 aliphatic rings. The Kier molecular flexibility index (Phi) is 5.34. The van der Waals surface area contributed by atoms with Crippen molar-refractivity contribution in [3.63, 3.8) is 0 Å². The van der Waals surface area contributed by atoms with Crippen LogP contribution in [0.25, 0.3) is 11.1 Å². The fourth-order valence-corrected chi connectivity index (χ4v) is 2.57. The normalized spacial score (nSPS) is 11.7. The Labute approximate surface area is 152 Å². The number of methoxy groups -OCH3 is 1. The number of carbonyl (C=O) groups excluding carboxylic acids is 1. The van der Waals surface area contributed by atoms with E-state index < -0.39 is 6.29 Å². The third-order valence-corrected chi connectivity index (χ3v) is 4.10. The van der Waals surface area contributed by atoms with E-state index in [2.05, 4.69) is 0 Å². The van der Waals surface area contributed by atoms with Crippen LogP contribution in [0.4, 0.5) is 0 Å². The van der Waals surface area contributed by atoms with Crippen LogP contribution in [0.1, 0.15) is 27.8 Å².